The van der Waals surface area contributed by atoms with Gasteiger partial charge in [-0.15, -0.1) is 0 Å². The highest BCUT2D eigenvalue weighted by molar-refractivity contribution is 5.91. The lowest BCUT2D eigenvalue weighted by Crippen LogP contribution is -2.14. The van der Waals surface area contributed by atoms with E-state index in [0.29, 0.717) is 11.6 Å². The summed E-state index contributed by atoms with van der Waals surface area (Å²) in [5.41, 5.74) is 1.51. The molecule has 1 atom stereocenters. The molecule has 0 saturated heterocycles. The van der Waals surface area contributed by atoms with E-state index in [1.807, 2.05) is 6.92 Å². The van der Waals surface area contributed by atoms with Crippen LogP contribution < -0.4 is 0 Å². The predicted octanol–water partition coefficient (Wildman–Crippen LogP) is 4.39. The summed E-state index contributed by atoms with van der Waals surface area (Å²) in [6.45, 7) is 3.35. The van der Waals surface area contributed by atoms with Crippen LogP contribution in [-0.4, -0.2) is 10.9 Å². The molecule has 0 amide bonds. The molecule has 1 N–H and O–H groups in total. The van der Waals surface area contributed by atoms with Gasteiger partial charge in [-0.2, -0.15) is 0 Å². The molecule has 0 radical (unpaired) electrons. The number of halogens is 3. The zero-order valence-corrected chi connectivity index (χ0v) is 11.6. The molecule has 0 spiro atoms. The molecule has 0 heterocycles. The quantitative estimate of drug-likeness (QED) is 0.387. The van der Waals surface area contributed by atoms with Crippen molar-refractivity contribution in [3.05, 3.63) is 70.5 Å². The Morgan fingerprint density at radius 2 is 1.71 bits per heavy atom. The van der Waals surface area contributed by atoms with Crippen LogP contribution in [0.3, 0.4) is 0 Å². The fourth-order valence-electron chi connectivity index (χ4n) is 2.25. The minimum atomic E-state index is -1.27. The maximum absolute atomic E-state index is 14.0. The Morgan fingerprint density at radius 3 is 2.29 bits per heavy atom. The Hall–Kier alpha value is -2.30. The van der Waals surface area contributed by atoms with Gasteiger partial charge in [0, 0.05) is 11.6 Å². The van der Waals surface area contributed by atoms with Crippen LogP contribution in [0, 0.1) is 24.4 Å². The van der Waals surface area contributed by atoms with E-state index in [-0.39, 0.29) is 11.3 Å². The second-order valence-corrected chi connectivity index (χ2v) is 4.88. The summed E-state index contributed by atoms with van der Waals surface area (Å²) in [4.78, 5) is 0. The topological polar surface area (TPSA) is 32.6 Å². The predicted molar refractivity (Wildman–Crippen MR) is 74.2 cm³/mol. The van der Waals surface area contributed by atoms with Gasteiger partial charge in [-0.05, 0) is 25.5 Å². The van der Waals surface area contributed by atoms with Gasteiger partial charge in [0.15, 0.2) is 11.6 Å². The second kappa shape index (κ2) is 5.99. The van der Waals surface area contributed by atoms with E-state index in [0.717, 1.165) is 11.6 Å². The Kier molecular flexibility index (Phi) is 4.31. The van der Waals surface area contributed by atoms with E-state index in [1.165, 1.54) is 6.92 Å². The molecule has 0 aromatic heterocycles. The van der Waals surface area contributed by atoms with Crippen LogP contribution in [0.25, 0.3) is 0 Å². The molecule has 2 rings (SSSR count). The summed E-state index contributed by atoms with van der Waals surface area (Å²) in [6.07, 6.45) is 0. The normalized spacial score (nSPS) is 13.3. The van der Waals surface area contributed by atoms with E-state index in [1.54, 1.807) is 24.3 Å². The summed E-state index contributed by atoms with van der Waals surface area (Å²) in [5, 5.41) is 12.1. The van der Waals surface area contributed by atoms with Crippen LogP contribution in [-0.2, 0) is 0 Å². The molecule has 0 aliphatic rings. The van der Waals surface area contributed by atoms with Crippen LogP contribution in [0.1, 0.15) is 29.5 Å². The molecule has 2 nitrogen and oxygen atoms in total. The van der Waals surface area contributed by atoms with Crippen molar-refractivity contribution in [2.75, 3.05) is 0 Å². The molecular weight excluding hydrogens is 279 g/mol. The molecule has 0 aliphatic heterocycles. The van der Waals surface area contributed by atoms with Gasteiger partial charge in [0.1, 0.15) is 5.82 Å². The van der Waals surface area contributed by atoms with Crippen molar-refractivity contribution in [2.45, 2.75) is 19.8 Å². The van der Waals surface area contributed by atoms with Crippen molar-refractivity contribution in [2.24, 2.45) is 5.16 Å². The minimum Gasteiger partial charge on any atom is -0.411 e. The molecule has 0 aliphatic carbocycles. The molecule has 2 aromatic carbocycles. The first-order chi connectivity index (χ1) is 9.93. The second-order valence-electron chi connectivity index (χ2n) is 4.88. The standard InChI is InChI=1S/C16H14F3NO/c1-9-3-5-11(6-4-9)15(10(2)20-21)13-7-12(17)8-14(18)16(13)19/h3-8,15,21H,1-2H3. The van der Waals surface area contributed by atoms with Gasteiger partial charge in [-0.1, -0.05) is 35.0 Å². The molecule has 0 bridgehead atoms. The first-order valence-corrected chi connectivity index (χ1v) is 6.33. The third kappa shape index (κ3) is 3.07. The Bertz CT molecular complexity index is 681. The van der Waals surface area contributed by atoms with Crippen molar-refractivity contribution >= 4 is 5.71 Å². The first kappa shape index (κ1) is 15.1. The highest BCUT2D eigenvalue weighted by atomic mass is 19.2. The summed E-state index contributed by atoms with van der Waals surface area (Å²) in [7, 11) is 0. The van der Waals surface area contributed by atoms with Crippen LogP contribution in [0.2, 0.25) is 0 Å². The highest BCUT2D eigenvalue weighted by Crippen LogP contribution is 2.30. The van der Waals surface area contributed by atoms with Crippen LogP contribution >= 0.6 is 0 Å². The average molecular weight is 293 g/mol. The molecular formula is C16H14F3NO. The van der Waals surface area contributed by atoms with Gasteiger partial charge in [0.05, 0.1) is 11.6 Å². The SMILES string of the molecule is CC(=NO)C(c1ccc(C)cc1)c1cc(F)cc(F)c1F. The Balaban J connectivity index is 2.64. The van der Waals surface area contributed by atoms with Crippen molar-refractivity contribution in [1.82, 2.24) is 0 Å². The van der Waals surface area contributed by atoms with Crippen molar-refractivity contribution < 1.29 is 18.4 Å². The van der Waals surface area contributed by atoms with E-state index < -0.39 is 23.4 Å². The molecule has 5 heteroatoms. The summed E-state index contributed by atoms with van der Waals surface area (Å²) in [6, 6.07) is 8.39. The molecule has 21 heavy (non-hydrogen) atoms. The third-order valence-electron chi connectivity index (χ3n) is 3.32. The van der Waals surface area contributed by atoms with E-state index in [2.05, 4.69) is 5.16 Å². The van der Waals surface area contributed by atoms with Crippen LogP contribution in [0.5, 0.6) is 0 Å². The van der Waals surface area contributed by atoms with Crippen molar-refractivity contribution in [3.63, 3.8) is 0 Å². The number of hydrogen-bond acceptors (Lipinski definition) is 2. The Morgan fingerprint density at radius 1 is 1.10 bits per heavy atom. The van der Waals surface area contributed by atoms with E-state index >= 15 is 0 Å². The number of aryl methyl sites for hydroxylation is 1. The largest absolute Gasteiger partial charge is 0.411 e. The lowest BCUT2D eigenvalue weighted by Gasteiger charge is -2.18. The van der Waals surface area contributed by atoms with E-state index in [9.17, 15) is 13.2 Å². The zero-order valence-electron chi connectivity index (χ0n) is 11.6. The fourth-order valence-corrected chi connectivity index (χ4v) is 2.25. The number of benzene rings is 2. The van der Waals surface area contributed by atoms with Crippen LogP contribution in [0.15, 0.2) is 41.6 Å². The molecule has 2 aromatic rings. The average Bonchev–Trinajstić information content (AvgIpc) is 2.46. The summed E-state index contributed by atoms with van der Waals surface area (Å²) < 4.78 is 40.9. The number of nitrogens with zero attached hydrogens (tertiary/aromatic N) is 1. The summed E-state index contributed by atoms with van der Waals surface area (Å²) in [5.74, 6) is -4.16. The lowest BCUT2D eigenvalue weighted by molar-refractivity contribution is 0.317. The molecule has 1 unspecified atom stereocenters. The van der Waals surface area contributed by atoms with Gasteiger partial charge in [0.2, 0.25) is 0 Å². The maximum atomic E-state index is 14.0. The zero-order chi connectivity index (χ0) is 15.6. The summed E-state index contributed by atoms with van der Waals surface area (Å²) >= 11 is 0. The smallest absolute Gasteiger partial charge is 0.163 e. The van der Waals surface area contributed by atoms with Gasteiger partial charge in [-0.3, -0.25) is 0 Å². The van der Waals surface area contributed by atoms with Gasteiger partial charge in [-0.25, -0.2) is 13.2 Å². The number of rotatable bonds is 3. The fraction of sp³-hybridized carbons (Fsp3) is 0.188. The van der Waals surface area contributed by atoms with Crippen LogP contribution in [0.4, 0.5) is 13.2 Å². The minimum absolute atomic E-state index is 0.141. The highest BCUT2D eigenvalue weighted by Gasteiger charge is 2.24. The molecule has 0 saturated carbocycles. The Labute approximate surface area is 120 Å². The number of oxime groups is 1. The number of hydrogen-bond donors (Lipinski definition) is 1. The van der Waals surface area contributed by atoms with Crippen molar-refractivity contribution in [1.29, 1.82) is 0 Å². The van der Waals surface area contributed by atoms with Gasteiger partial charge in [0.25, 0.3) is 0 Å². The molecule has 0 fully saturated rings. The monoisotopic (exact) mass is 293 g/mol. The maximum Gasteiger partial charge on any atom is 0.163 e. The lowest BCUT2D eigenvalue weighted by atomic mass is 9.87. The van der Waals surface area contributed by atoms with E-state index in [4.69, 9.17) is 5.21 Å². The van der Waals surface area contributed by atoms with Gasteiger partial charge < -0.3 is 5.21 Å². The van der Waals surface area contributed by atoms with Crippen molar-refractivity contribution in [3.8, 4) is 0 Å². The van der Waals surface area contributed by atoms with Gasteiger partial charge >= 0.3 is 0 Å². The molecule has 110 valence electrons. The third-order valence-corrected chi connectivity index (χ3v) is 3.32. The first-order valence-electron chi connectivity index (χ1n) is 6.33.